The van der Waals surface area contributed by atoms with Crippen LogP contribution in [0.2, 0.25) is 0 Å². The van der Waals surface area contributed by atoms with Crippen molar-refractivity contribution in [2.45, 2.75) is 0 Å². The quantitative estimate of drug-likeness (QED) is 0.478. The van der Waals surface area contributed by atoms with Crippen molar-refractivity contribution in [1.82, 2.24) is 10.2 Å². The molecule has 12 heteroatoms. The van der Waals surface area contributed by atoms with Crippen LogP contribution >= 0.6 is 0 Å². The zero-order valence-electron chi connectivity index (χ0n) is 12.6. The molecular weight excluding hydrogens is 370 g/mol. The van der Waals surface area contributed by atoms with Crippen LogP contribution in [0.4, 0.5) is 8.96 Å². The SMILES string of the molecule is CS(=O)(=O)O.CS(=O)(=O)O.FN1C=CC=CC1=C1C=CC=CN1F. The van der Waals surface area contributed by atoms with E-state index in [2.05, 4.69) is 0 Å². The number of hydrogen-bond acceptors (Lipinski definition) is 6. The van der Waals surface area contributed by atoms with Crippen LogP contribution in [0, 0.1) is 0 Å². The fourth-order valence-corrected chi connectivity index (χ4v) is 1.24. The highest BCUT2D eigenvalue weighted by Gasteiger charge is 2.16. The first-order valence-electron chi connectivity index (χ1n) is 5.98. The average Bonchev–Trinajstić information content (AvgIpc) is 2.36. The van der Waals surface area contributed by atoms with Crippen LogP contribution in [0.5, 0.6) is 0 Å². The lowest BCUT2D eigenvalue weighted by molar-refractivity contribution is 0.109. The Morgan fingerprint density at radius 2 is 1.00 bits per heavy atom. The standard InChI is InChI=1S/C10H8F2N2.2CH4O3S/c11-13-7-3-1-5-9(13)10-6-2-4-8-14(10)12;2*1-5(2,3)4/h1-8H;2*1H3,(H,2,3,4). The molecular formula is C12H16F2N2O6S2. The zero-order chi connectivity index (χ0) is 19.0. The van der Waals surface area contributed by atoms with Gasteiger partial charge in [0.2, 0.25) is 0 Å². The van der Waals surface area contributed by atoms with E-state index < -0.39 is 20.2 Å². The summed E-state index contributed by atoms with van der Waals surface area (Å²) in [6.45, 7) is 0. The first-order valence-corrected chi connectivity index (χ1v) is 9.67. The molecule has 0 aliphatic carbocycles. The van der Waals surface area contributed by atoms with Crippen molar-refractivity contribution in [2.24, 2.45) is 0 Å². The molecule has 0 saturated heterocycles. The summed E-state index contributed by atoms with van der Waals surface area (Å²) in [5, 5.41) is 0.761. The van der Waals surface area contributed by atoms with Crippen LogP contribution in [-0.2, 0) is 20.2 Å². The van der Waals surface area contributed by atoms with Gasteiger partial charge in [0, 0.05) is 12.4 Å². The number of allylic oxidation sites excluding steroid dienone is 6. The van der Waals surface area contributed by atoms with Gasteiger partial charge in [-0.05, 0) is 24.3 Å². The molecule has 0 unspecified atom stereocenters. The fraction of sp³-hybridized carbons (Fsp3) is 0.167. The summed E-state index contributed by atoms with van der Waals surface area (Å²) in [6, 6.07) is 0. The lowest BCUT2D eigenvalue weighted by Gasteiger charge is -2.20. The smallest absolute Gasteiger partial charge is 0.261 e. The Kier molecular flexibility index (Phi) is 8.53. The summed E-state index contributed by atoms with van der Waals surface area (Å²) in [5.74, 6) is 0. The summed E-state index contributed by atoms with van der Waals surface area (Å²) in [7, 11) is -7.33. The summed E-state index contributed by atoms with van der Waals surface area (Å²) >= 11 is 0. The molecule has 8 nitrogen and oxygen atoms in total. The number of hydrogen-bond donors (Lipinski definition) is 2. The number of nitrogens with zero attached hydrogens (tertiary/aromatic N) is 2. The molecule has 2 aliphatic heterocycles. The predicted octanol–water partition coefficient (Wildman–Crippen LogP) is 1.75. The van der Waals surface area contributed by atoms with Crippen molar-refractivity contribution < 1.29 is 34.9 Å². The molecule has 0 spiro atoms. The molecule has 2 heterocycles. The van der Waals surface area contributed by atoms with Crippen molar-refractivity contribution in [1.29, 1.82) is 0 Å². The van der Waals surface area contributed by atoms with Gasteiger partial charge in [-0.1, -0.05) is 21.1 Å². The Labute approximate surface area is 138 Å². The van der Waals surface area contributed by atoms with Gasteiger partial charge < -0.3 is 0 Å². The highest BCUT2D eigenvalue weighted by Crippen LogP contribution is 2.23. The monoisotopic (exact) mass is 386 g/mol. The molecule has 0 aromatic carbocycles. The largest absolute Gasteiger partial charge is 0.286 e. The third-order valence-electron chi connectivity index (χ3n) is 1.89. The van der Waals surface area contributed by atoms with Gasteiger partial charge in [-0.15, -0.1) is 0 Å². The summed E-state index contributed by atoms with van der Waals surface area (Å²) in [6.07, 6.45) is 13.3. The highest BCUT2D eigenvalue weighted by molar-refractivity contribution is 7.85. The van der Waals surface area contributed by atoms with E-state index in [1.165, 1.54) is 36.7 Å². The first kappa shape index (κ1) is 22.0. The lowest BCUT2D eigenvalue weighted by atomic mass is 10.2. The topological polar surface area (TPSA) is 115 Å². The van der Waals surface area contributed by atoms with Crippen LogP contribution < -0.4 is 0 Å². The minimum Gasteiger partial charge on any atom is -0.286 e. The molecule has 0 aromatic heterocycles. The second kappa shape index (κ2) is 9.32. The molecule has 2 aliphatic rings. The Balaban J connectivity index is 0.000000442. The highest BCUT2D eigenvalue weighted by atomic mass is 32.2. The van der Waals surface area contributed by atoms with E-state index in [9.17, 15) is 25.8 Å². The molecule has 2 rings (SSSR count). The van der Waals surface area contributed by atoms with Crippen molar-refractivity contribution in [2.75, 3.05) is 12.5 Å². The third-order valence-corrected chi connectivity index (χ3v) is 1.89. The van der Waals surface area contributed by atoms with Crippen molar-refractivity contribution in [3.8, 4) is 0 Å². The maximum absolute atomic E-state index is 13.2. The Hall–Kier alpha value is -2.02. The molecule has 0 atom stereocenters. The molecule has 0 fully saturated rings. The van der Waals surface area contributed by atoms with Crippen LogP contribution in [0.3, 0.4) is 0 Å². The molecule has 0 amide bonds. The van der Waals surface area contributed by atoms with E-state index in [1.807, 2.05) is 0 Å². The second-order valence-electron chi connectivity index (χ2n) is 4.26. The van der Waals surface area contributed by atoms with E-state index in [-0.39, 0.29) is 11.4 Å². The van der Waals surface area contributed by atoms with Crippen LogP contribution in [0.1, 0.15) is 0 Å². The van der Waals surface area contributed by atoms with Gasteiger partial charge in [0.05, 0.1) is 12.5 Å². The van der Waals surface area contributed by atoms with Crippen molar-refractivity contribution in [3.05, 3.63) is 60.3 Å². The predicted molar refractivity (Wildman–Crippen MR) is 84.4 cm³/mol. The summed E-state index contributed by atoms with van der Waals surface area (Å²) in [4.78, 5) is 0. The Bertz CT molecular complexity index is 700. The van der Waals surface area contributed by atoms with E-state index in [1.54, 1.807) is 12.2 Å². The minimum atomic E-state index is -3.67. The maximum atomic E-state index is 13.2. The van der Waals surface area contributed by atoms with E-state index in [4.69, 9.17) is 9.11 Å². The molecule has 0 bridgehead atoms. The molecule has 2 N–H and O–H groups in total. The number of rotatable bonds is 0. The van der Waals surface area contributed by atoms with Crippen LogP contribution in [0.25, 0.3) is 0 Å². The van der Waals surface area contributed by atoms with E-state index >= 15 is 0 Å². The van der Waals surface area contributed by atoms with Gasteiger partial charge in [-0.25, -0.2) is 0 Å². The maximum Gasteiger partial charge on any atom is 0.261 e. The van der Waals surface area contributed by atoms with Crippen molar-refractivity contribution in [3.63, 3.8) is 0 Å². The van der Waals surface area contributed by atoms with E-state index in [0.717, 1.165) is 0 Å². The minimum absolute atomic E-state index is 0.176. The van der Waals surface area contributed by atoms with Gasteiger partial charge in [0.1, 0.15) is 11.4 Å². The molecule has 24 heavy (non-hydrogen) atoms. The second-order valence-corrected chi connectivity index (χ2v) is 7.19. The van der Waals surface area contributed by atoms with Crippen LogP contribution in [0.15, 0.2) is 60.3 Å². The number of halogens is 2. The molecule has 0 saturated carbocycles. The van der Waals surface area contributed by atoms with Gasteiger partial charge in [0.25, 0.3) is 20.2 Å². The fourth-order valence-electron chi connectivity index (χ4n) is 1.24. The van der Waals surface area contributed by atoms with Crippen LogP contribution in [-0.4, -0.2) is 48.7 Å². The Morgan fingerprint density at radius 3 is 1.21 bits per heavy atom. The molecule has 0 radical (unpaired) electrons. The third kappa shape index (κ3) is 12.5. The van der Waals surface area contributed by atoms with Crippen molar-refractivity contribution >= 4 is 20.2 Å². The van der Waals surface area contributed by atoms with Gasteiger partial charge in [0.15, 0.2) is 0 Å². The molecule has 136 valence electrons. The summed E-state index contributed by atoms with van der Waals surface area (Å²) < 4.78 is 78.1. The lowest BCUT2D eigenvalue weighted by Crippen LogP contribution is -2.15. The first-order chi connectivity index (χ1) is 10.8. The van der Waals surface area contributed by atoms with Gasteiger partial charge in [-0.3, -0.25) is 9.11 Å². The van der Waals surface area contributed by atoms with Gasteiger partial charge in [-0.2, -0.15) is 27.1 Å². The summed E-state index contributed by atoms with van der Waals surface area (Å²) in [5.41, 5.74) is 0.353. The molecule has 0 aromatic rings. The average molecular weight is 386 g/mol. The van der Waals surface area contributed by atoms with Gasteiger partial charge >= 0.3 is 0 Å². The van der Waals surface area contributed by atoms with E-state index in [0.29, 0.717) is 22.8 Å². The Morgan fingerprint density at radius 1 is 0.750 bits per heavy atom. The normalized spacial score (nSPS) is 19.4. The zero-order valence-corrected chi connectivity index (χ0v) is 14.2.